The molecule has 0 aromatic heterocycles. The van der Waals surface area contributed by atoms with E-state index >= 15 is 0 Å². The van der Waals surface area contributed by atoms with Gasteiger partial charge in [0.25, 0.3) is 0 Å². The highest BCUT2D eigenvalue weighted by molar-refractivity contribution is 6.20. The highest BCUT2D eigenvalue weighted by atomic mass is 16.2. The molecule has 0 atom stereocenters. The van der Waals surface area contributed by atoms with Crippen molar-refractivity contribution in [1.29, 1.82) is 0 Å². The SMILES string of the molecule is CCC1(CC)C(=O)NC(=NC)NC1=O. The van der Waals surface area contributed by atoms with E-state index in [0.29, 0.717) is 12.8 Å². The zero-order valence-corrected chi connectivity index (χ0v) is 8.68. The summed E-state index contributed by atoms with van der Waals surface area (Å²) in [6.45, 7) is 3.66. The molecule has 0 aromatic rings. The van der Waals surface area contributed by atoms with Crippen molar-refractivity contribution in [2.45, 2.75) is 26.7 Å². The van der Waals surface area contributed by atoms with Gasteiger partial charge >= 0.3 is 0 Å². The van der Waals surface area contributed by atoms with Gasteiger partial charge in [-0.05, 0) is 12.8 Å². The Kier molecular flexibility index (Phi) is 2.88. The van der Waals surface area contributed by atoms with Crippen LogP contribution in [-0.2, 0) is 9.59 Å². The molecule has 0 saturated carbocycles. The quantitative estimate of drug-likeness (QED) is 0.613. The molecule has 1 saturated heterocycles. The second-order valence-electron chi connectivity index (χ2n) is 3.27. The van der Waals surface area contributed by atoms with Gasteiger partial charge in [-0.3, -0.25) is 25.2 Å². The number of nitrogens with zero attached hydrogens (tertiary/aromatic N) is 1. The molecule has 1 heterocycles. The Hall–Kier alpha value is -1.39. The first kappa shape index (κ1) is 10.7. The summed E-state index contributed by atoms with van der Waals surface area (Å²) in [6, 6.07) is 0. The molecule has 0 unspecified atom stereocenters. The van der Waals surface area contributed by atoms with Crippen LogP contribution in [0.5, 0.6) is 0 Å². The molecule has 5 heteroatoms. The number of nitrogens with one attached hydrogen (secondary N) is 2. The molecule has 14 heavy (non-hydrogen) atoms. The van der Waals surface area contributed by atoms with Crippen molar-refractivity contribution in [2.24, 2.45) is 10.4 Å². The van der Waals surface area contributed by atoms with Crippen LogP contribution in [-0.4, -0.2) is 24.8 Å². The van der Waals surface area contributed by atoms with Gasteiger partial charge in [0.1, 0.15) is 5.41 Å². The Bertz CT molecular complexity index is 270. The van der Waals surface area contributed by atoms with Gasteiger partial charge < -0.3 is 0 Å². The Balaban J connectivity index is 3.01. The Morgan fingerprint density at radius 1 is 1.14 bits per heavy atom. The third-order valence-corrected chi connectivity index (χ3v) is 2.76. The van der Waals surface area contributed by atoms with E-state index in [9.17, 15) is 9.59 Å². The molecular weight excluding hydrogens is 182 g/mol. The average molecular weight is 197 g/mol. The summed E-state index contributed by atoms with van der Waals surface area (Å²) in [7, 11) is 1.51. The van der Waals surface area contributed by atoms with Gasteiger partial charge in [-0.25, -0.2) is 0 Å². The van der Waals surface area contributed by atoms with Crippen LogP contribution in [0.25, 0.3) is 0 Å². The fourth-order valence-corrected chi connectivity index (χ4v) is 1.59. The van der Waals surface area contributed by atoms with Crippen molar-refractivity contribution < 1.29 is 9.59 Å². The van der Waals surface area contributed by atoms with Gasteiger partial charge in [-0.2, -0.15) is 0 Å². The van der Waals surface area contributed by atoms with Gasteiger partial charge in [-0.1, -0.05) is 13.8 Å². The lowest BCUT2D eigenvalue weighted by atomic mass is 9.79. The van der Waals surface area contributed by atoms with Crippen LogP contribution in [0.15, 0.2) is 4.99 Å². The van der Waals surface area contributed by atoms with Gasteiger partial charge in [0.2, 0.25) is 17.8 Å². The minimum Gasteiger partial charge on any atom is -0.295 e. The van der Waals surface area contributed by atoms with E-state index in [1.54, 1.807) is 0 Å². The third kappa shape index (κ3) is 1.38. The molecule has 0 spiro atoms. The van der Waals surface area contributed by atoms with E-state index in [2.05, 4.69) is 15.6 Å². The number of amides is 2. The zero-order valence-electron chi connectivity index (χ0n) is 8.68. The number of hydrogen-bond donors (Lipinski definition) is 2. The number of guanidine groups is 1. The fraction of sp³-hybridized carbons (Fsp3) is 0.667. The standard InChI is InChI=1S/C9H15N3O2/c1-4-9(5-2)6(13)11-8(10-3)12-7(9)14/h4-5H2,1-3H3,(H2,10,11,12,13,14). The fourth-order valence-electron chi connectivity index (χ4n) is 1.59. The summed E-state index contributed by atoms with van der Waals surface area (Å²) >= 11 is 0. The van der Waals surface area contributed by atoms with E-state index in [1.165, 1.54) is 7.05 Å². The van der Waals surface area contributed by atoms with Crippen molar-refractivity contribution in [1.82, 2.24) is 10.6 Å². The smallest absolute Gasteiger partial charge is 0.242 e. The Morgan fingerprint density at radius 2 is 1.57 bits per heavy atom. The minimum absolute atomic E-state index is 0.234. The molecule has 5 nitrogen and oxygen atoms in total. The molecule has 0 aromatic carbocycles. The van der Waals surface area contributed by atoms with Crippen LogP contribution in [0.1, 0.15) is 26.7 Å². The average Bonchev–Trinajstić information content (AvgIpc) is 2.18. The number of aliphatic imine (C=N–C) groups is 1. The van der Waals surface area contributed by atoms with Crippen LogP contribution in [0.2, 0.25) is 0 Å². The lowest BCUT2D eigenvalue weighted by molar-refractivity contribution is -0.144. The molecule has 1 fully saturated rings. The maximum atomic E-state index is 11.7. The Morgan fingerprint density at radius 3 is 1.86 bits per heavy atom. The van der Waals surface area contributed by atoms with E-state index in [0.717, 1.165) is 0 Å². The highest BCUT2D eigenvalue weighted by Gasteiger charge is 2.46. The van der Waals surface area contributed by atoms with Crippen molar-refractivity contribution in [3.8, 4) is 0 Å². The molecule has 2 amide bonds. The summed E-state index contributed by atoms with van der Waals surface area (Å²) < 4.78 is 0. The molecule has 0 bridgehead atoms. The molecule has 0 radical (unpaired) electrons. The summed E-state index contributed by atoms with van der Waals surface area (Å²) in [5, 5.41) is 5.14. The summed E-state index contributed by atoms with van der Waals surface area (Å²) in [5.41, 5.74) is -0.922. The van der Waals surface area contributed by atoms with Gasteiger partial charge in [-0.15, -0.1) is 0 Å². The Labute approximate surface area is 83.0 Å². The second kappa shape index (κ2) is 3.77. The molecule has 0 aliphatic carbocycles. The first-order valence-electron chi connectivity index (χ1n) is 4.70. The highest BCUT2D eigenvalue weighted by Crippen LogP contribution is 2.28. The third-order valence-electron chi connectivity index (χ3n) is 2.76. The van der Waals surface area contributed by atoms with E-state index in [-0.39, 0.29) is 17.8 Å². The van der Waals surface area contributed by atoms with Crippen molar-refractivity contribution in [3.05, 3.63) is 0 Å². The van der Waals surface area contributed by atoms with Gasteiger partial charge in [0.15, 0.2) is 0 Å². The van der Waals surface area contributed by atoms with Crippen molar-refractivity contribution >= 4 is 17.8 Å². The molecule has 2 N–H and O–H groups in total. The number of carbonyl (C=O) groups excluding carboxylic acids is 2. The van der Waals surface area contributed by atoms with Gasteiger partial charge in [0, 0.05) is 7.05 Å². The maximum absolute atomic E-state index is 11.7. The van der Waals surface area contributed by atoms with Crippen LogP contribution in [0.3, 0.4) is 0 Å². The molecule has 1 rings (SSSR count). The lowest BCUT2D eigenvalue weighted by Gasteiger charge is -2.33. The molecule has 1 aliphatic rings. The maximum Gasteiger partial charge on any atom is 0.242 e. The second-order valence-corrected chi connectivity index (χ2v) is 3.27. The molecular formula is C9H15N3O2. The zero-order chi connectivity index (χ0) is 10.8. The van der Waals surface area contributed by atoms with E-state index in [1.807, 2.05) is 13.8 Å². The summed E-state index contributed by atoms with van der Waals surface area (Å²) in [6.07, 6.45) is 0.996. The summed E-state index contributed by atoms with van der Waals surface area (Å²) in [5.74, 6) is -0.281. The summed E-state index contributed by atoms with van der Waals surface area (Å²) in [4.78, 5) is 27.1. The number of rotatable bonds is 2. The predicted octanol–water partition coefficient (Wildman–Crippen LogP) is 0.0246. The monoisotopic (exact) mass is 197 g/mol. The van der Waals surface area contributed by atoms with Crippen LogP contribution < -0.4 is 10.6 Å². The van der Waals surface area contributed by atoms with E-state index < -0.39 is 5.41 Å². The van der Waals surface area contributed by atoms with Crippen molar-refractivity contribution in [3.63, 3.8) is 0 Å². The predicted molar refractivity (Wildman–Crippen MR) is 52.7 cm³/mol. The minimum atomic E-state index is -0.922. The first-order chi connectivity index (χ1) is 6.60. The first-order valence-corrected chi connectivity index (χ1v) is 4.70. The number of carbonyl (C=O) groups is 2. The van der Waals surface area contributed by atoms with Crippen LogP contribution >= 0.6 is 0 Å². The molecule has 1 aliphatic heterocycles. The van der Waals surface area contributed by atoms with Crippen LogP contribution in [0, 0.1) is 5.41 Å². The number of hydrogen-bond acceptors (Lipinski definition) is 3. The largest absolute Gasteiger partial charge is 0.295 e. The van der Waals surface area contributed by atoms with Crippen molar-refractivity contribution in [2.75, 3.05) is 7.05 Å². The van der Waals surface area contributed by atoms with E-state index in [4.69, 9.17) is 0 Å². The normalized spacial score (nSPS) is 20.1. The topological polar surface area (TPSA) is 70.6 Å². The van der Waals surface area contributed by atoms with Crippen LogP contribution in [0.4, 0.5) is 0 Å². The lowest BCUT2D eigenvalue weighted by Crippen LogP contribution is -2.62. The van der Waals surface area contributed by atoms with Gasteiger partial charge in [0.05, 0.1) is 0 Å². The molecule has 78 valence electrons.